The summed E-state index contributed by atoms with van der Waals surface area (Å²) in [6.07, 6.45) is 2.67. The van der Waals surface area contributed by atoms with Crippen LogP contribution in [0.1, 0.15) is 68.3 Å². The highest BCUT2D eigenvalue weighted by Crippen LogP contribution is 2.46. The molecular formula is C43H47Cl2N7O5. The lowest BCUT2D eigenvalue weighted by Crippen LogP contribution is -2.43. The highest BCUT2D eigenvalue weighted by molar-refractivity contribution is 6.35. The molecule has 3 aromatic heterocycles. The molecule has 0 fully saturated rings. The van der Waals surface area contributed by atoms with Gasteiger partial charge in [0.15, 0.2) is 0 Å². The number of ether oxygens (including phenoxy) is 1. The first-order chi connectivity index (χ1) is 27.0. The average molecular weight is 813 g/mol. The van der Waals surface area contributed by atoms with Gasteiger partial charge in [-0.1, -0.05) is 29.3 Å². The van der Waals surface area contributed by atoms with Crippen LogP contribution in [0.15, 0.2) is 42.6 Å². The Hall–Kier alpha value is -5.30. The number of carbonyl (C=O) groups excluding carboxylic acids is 2. The highest BCUT2D eigenvalue weighted by Gasteiger charge is 2.38. The van der Waals surface area contributed by atoms with Crippen molar-refractivity contribution in [3.63, 3.8) is 0 Å². The van der Waals surface area contributed by atoms with E-state index >= 15 is 4.79 Å². The number of aromatic carboxylic acids is 1. The Labute approximate surface area is 341 Å². The fraction of sp³-hybridized carbons (Fsp3) is 0.349. The second kappa shape index (κ2) is 15.2. The molecule has 0 radical (unpaired) electrons. The minimum absolute atomic E-state index is 0.0670. The van der Waals surface area contributed by atoms with Gasteiger partial charge in [-0.15, -0.1) is 0 Å². The number of amides is 2. The topological polar surface area (TPSA) is 127 Å². The summed E-state index contributed by atoms with van der Waals surface area (Å²) in [6.45, 7) is 10.7. The van der Waals surface area contributed by atoms with Gasteiger partial charge < -0.3 is 34.1 Å². The Morgan fingerprint density at radius 1 is 1.00 bits per heavy atom. The van der Waals surface area contributed by atoms with Gasteiger partial charge in [-0.25, -0.2) is 4.79 Å². The number of aryl methyl sites for hydroxylation is 6. The van der Waals surface area contributed by atoms with Crippen molar-refractivity contribution < 1.29 is 24.2 Å². The lowest BCUT2D eigenvalue weighted by Gasteiger charge is -2.35. The van der Waals surface area contributed by atoms with Crippen LogP contribution >= 0.6 is 23.2 Å². The van der Waals surface area contributed by atoms with Crippen molar-refractivity contribution in [2.45, 2.75) is 53.5 Å². The number of hydrogen-bond acceptors (Lipinski definition) is 6. The molecule has 1 aliphatic rings. The predicted molar refractivity (Wildman–Crippen MR) is 227 cm³/mol. The molecule has 57 heavy (non-hydrogen) atoms. The molecule has 0 aliphatic carbocycles. The number of nitrogens with zero attached hydrogens (tertiary/aromatic N) is 6. The summed E-state index contributed by atoms with van der Waals surface area (Å²) < 4.78 is 11.9. The Balaban J connectivity index is 1.40. The maximum Gasteiger partial charge on any atom is 0.337 e. The van der Waals surface area contributed by atoms with E-state index in [-0.39, 0.29) is 36.5 Å². The summed E-state index contributed by atoms with van der Waals surface area (Å²) in [5, 5.41) is 20.4. The minimum Gasteiger partial charge on any atom is -0.494 e. The average Bonchev–Trinajstić information content (AvgIpc) is 3.74. The van der Waals surface area contributed by atoms with E-state index < -0.39 is 5.97 Å². The minimum atomic E-state index is -1.11. The summed E-state index contributed by atoms with van der Waals surface area (Å²) in [7, 11) is 7.25. The Kier molecular flexibility index (Phi) is 10.7. The van der Waals surface area contributed by atoms with Gasteiger partial charge in [-0.2, -0.15) is 5.10 Å². The zero-order valence-corrected chi connectivity index (χ0v) is 35.2. The zero-order valence-electron chi connectivity index (χ0n) is 33.7. The molecule has 0 bridgehead atoms. The van der Waals surface area contributed by atoms with Crippen molar-refractivity contribution in [2.75, 3.05) is 44.0 Å². The molecule has 298 valence electrons. The van der Waals surface area contributed by atoms with Crippen LogP contribution in [0.2, 0.25) is 10.0 Å². The van der Waals surface area contributed by atoms with Gasteiger partial charge in [-0.05, 0) is 109 Å². The maximum absolute atomic E-state index is 15.4. The monoisotopic (exact) mass is 811 g/mol. The highest BCUT2D eigenvalue weighted by atomic mass is 35.5. The first kappa shape index (κ1) is 39.9. The number of carboxylic acid groups (broad SMARTS) is 1. The van der Waals surface area contributed by atoms with E-state index in [4.69, 9.17) is 33.0 Å². The van der Waals surface area contributed by atoms with Gasteiger partial charge in [0.05, 0.1) is 46.2 Å². The molecule has 14 heteroatoms. The third kappa shape index (κ3) is 7.04. The fourth-order valence-electron chi connectivity index (χ4n) is 8.40. The van der Waals surface area contributed by atoms with Crippen molar-refractivity contribution in [3.05, 3.63) is 92.0 Å². The number of carboxylic acids is 1. The molecule has 0 saturated heterocycles. The first-order valence-electron chi connectivity index (χ1n) is 18.9. The summed E-state index contributed by atoms with van der Waals surface area (Å²) in [4.78, 5) is 44.3. The number of aromatic nitrogens is 4. The molecule has 0 unspecified atom stereocenters. The normalized spacial score (nSPS) is 14.3. The van der Waals surface area contributed by atoms with Gasteiger partial charge in [0.2, 0.25) is 5.91 Å². The quantitative estimate of drug-likeness (QED) is 0.126. The molecule has 12 nitrogen and oxygen atoms in total. The molecule has 2 N–H and O–H groups in total. The molecule has 0 saturated carbocycles. The van der Waals surface area contributed by atoms with Crippen LogP contribution in [0, 0.1) is 27.7 Å². The molecular weight excluding hydrogens is 765 g/mol. The molecule has 7 rings (SSSR count). The van der Waals surface area contributed by atoms with Gasteiger partial charge in [0.25, 0.3) is 5.91 Å². The van der Waals surface area contributed by atoms with Gasteiger partial charge in [-0.3, -0.25) is 14.3 Å². The maximum atomic E-state index is 15.4. The third-order valence-electron chi connectivity index (χ3n) is 10.9. The summed E-state index contributed by atoms with van der Waals surface area (Å²) >= 11 is 13.5. The van der Waals surface area contributed by atoms with E-state index in [1.54, 1.807) is 53.8 Å². The van der Waals surface area contributed by atoms with E-state index in [2.05, 4.69) is 16.8 Å². The van der Waals surface area contributed by atoms with E-state index in [9.17, 15) is 14.7 Å². The lowest BCUT2D eigenvalue weighted by molar-refractivity contribution is -0.116. The van der Waals surface area contributed by atoms with Crippen molar-refractivity contribution >= 4 is 74.2 Å². The van der Waals surface area contributed by atoms with Crippen molar-refractivity contribution in [1.82, 2.24) is 23.8 Å². The van der Waals surface area contributed by atoms with Crippen molar-refractivity contribution in [2.24, 2.45) is 14.1 Å². The van der Waals surface area contributed by atoms with Gasteiger partial charge in [0, 0.05) is 71.2 Å². The fourth-order valence-corrected chi connectivity index (χ4v) is 8.75. The Morgan fingerprint density at radius 3 is 2.33 bits per heavy atom. The van der Waals surface area contributed by atoms with E-state index in [1.807, 2.05) is 63.7 Å². The van der Waals surface area contributed by atoms with E-state index in [0.29, 0.717) is 57.5 Å². The Morgan fingerprint density at radius 2 is 1.70 bits per heavy atom. The number of benzene rings is 3. The molecule has 2 amide bonds. The summed E-state index contributed by atoms with van der Waals surface area (Å²) in [6, 6.07) is 10.9. The molecule has 3 aromatic carbocycles. The SMILES string of the molecule is Cc1cc(OCCCc2c3n(c4c(-c5c(C)nn(C)c5C)c(Cl)ccc24)[C@H](C)CN(c2cc(NC(=O)CN(C)C)cc4c(C(=O)O)cn(C)c24)C3=O)cc(C)c1Cl. The number of rotatable bonds is 11. The lowest BCUT2D eigenvalue weighted by atomic mass is 9.98. The number of fused-ring (bicyclic) bond motifs is 4. The largest absolute Gasteiger partial charge is 0.494 e. The van der Waals surface area contributed by atoms with Crippen LogP contribution in [0.25, 0.3) is 32.9 Å². The molecule has 4 heterocycles. The number of anilines is 2. The van der Waals surface area contributed by atoms with Gasteiger partial charge >= 0.3 is 5.97 Å². The van der Waals surface area contributed by atoms with Gasteiger partial charge in [0.1, 0.15) is 11.4 Å². The van der Waals surface area contributed by atoms with Crippen LogP contribution in [-0.4, -0.2) is 80.5 Å². The standard InChI is InChI=1S/C43H47Cl2N7O5/c1-22-15-28(16-23(2)38(22)45)57-14-10-11-29-30-12-13-33(44)37(36-25(4)47-50(9)26(36)5)40(30)52-24(3)19-51(42(54)41(29)52)34-18-27(46-35(53)21-48(6)7)17-31-32(43(55)56)20-49(8)39(31)34/h12-13,15-18,20,24H,10-11,14,19,21H2,1-9H3,(H,46,53)(H,55,56)/t24-/m1/s1. The summed E-state index contributed by atoms with van der Waals surface area (Å²) in [5.74, 6) is -0.895. The van der Waals surface area contributed by atoms with Crippen molar-refractivity contribution in [3.8, 4) is 16.9 Å². The van der Waals surface area contributed by atoms with Crippen LogP contribution in [0.5, 0.6) is 5.75 Å². The van der Waals surface area contributed by atoms with Crippen molar-refractivity contribution in [1.29, 1.82) is 0 Å². The predicted octanol–water partition coefficient (Wildman–Crippen LogP) is 8.51. The van der Waals surface area contributed by atoms with E-state index in [1.165, 1.54) is 0 Å². The second-order valence-corrected chi connectivity index (χ2v) is 16.2. The molecule has 0 spiro atoms. The number of halogens is 2. The zero-order chi connectivity index (χ0) is 41.2. The number of likely N-dealkylation sites (N-methyl/N-ethyl adjacent to an activating group) is 1. The van der Waals surface area contributed by atoms with Crippen LogP contribution in [0.3, 0.4) is 0 Å². The summed E-state index contributed by atoms with van der Waals surface area (Å²) in [5.41, 5.74) is 9.17. The first-order valence-corrected chi connectivity index (χ1v) is 19.6. The number of hydrogen-bond donors (Lipinski definition) is 2. The number of nitrogens with one attached hydrogen (secondary N) is 1. The van der Waals surface area contributed by atoms with E-state index in [0.717, 1.165) is 55.9 Å². The third-order valence-corrected chi connectivity index (χ3v) is 11.8. The molecule has 1 atom stereocenters. The van der Waals surface area contributed by atoms with Crippen LogP contribution in [-0.2, 0) is 25.3 Å². The molecule has 1 aliphatic heterocycles. The smallest absolute Gasteiger partial charge is 0.337 e. The molecule has 6 aromatic rings. The van der Waals surface area contributed by atoms with Crippen LogP contribution in [0.4, 0.5) is 11.4 Å². The number of carbonyl (C=O) groups is 3. The van der Waals surface area contributed by atoms with Crippen LogP contribution < -0.4 is 15.0 Å². The Bertz CT molecular complexity index is 2610. The second-order valence-electron chi connectivity index (χ2n) is 15.4.